The molecule has 0 saturated heterocycles. The van der Waals surface area contributed by atoms with Gasteiger partial charge in [0, 0.05) is 85.9 Å². The van der Waals surface area contributed by atoms with E-state index in [1.54, 1.807) is 111 Å². The lowest BCUT2D eigenvalue weighted by atomic mass is 10.2. The average Bonchev–Trinajstić information content (AvgIpc) is 4.21. The number of imidazole rings is 1. The molecule has 0 radical (unpaired) electrons. The predicted octanol–water partition coefficient (Wildman–Crippen LogP) is 2.97. The predicted molar refractivity (Wildman–Crippen MR) is 225 cm³/mol. The topological polar surface area (TPSA) is 258 Å². The van der Waals surface area contributed by atoms with Gasteiger partial charge in [-0.2, -0.15) is 35.6 Å². The summed E-state index contributed by atoms with van der Waals surface area (Å²) in [7, 11) is 0. The summed E-state index contributed by atoms with van der Waals surface area (Å²) < 4.78 is 9.94. The van der Waals surface area contributed by atoms with E-state index in [1.807, 2.05) is 89.9 Å². The largest absolute Gasteiger partial charge is 0.307 e. The van der Waals surface area contributed by atoms with E-state index in [-0.39, 0.29) is 0 Å². The van der Waals surface area contributed by atoms with Crippen molar-refractivity contribution < 1.29 is 0 Å². The van der Waals surface area contributed by atoms with E-state index < -0.39 is 0 Å². The molecule has 1 aliphatic heterocycles. The molecule has 24 heteroatoms. The summed E-state index contributed by atoms with van der Waals surface area (Å²) in [4.78, 5) is 24.1. The number of fused-ring (bicyclic) bond motifs is 7. The first-order valence-electron chi connectivity index (χ1n) is 18.6. The van der Waals surface area contributed by atoms with Crippen LogP contribution in [0.25, 0.3) is 34.0 Å². The first-order valence-corrected chi connectivity index (χ1v) is 18.6. The number of pyridine rings is 2. The van der Waals surface area contributed by atoms with Crippen LogP contribution in [0.3, 0.4) is 0 Å². The van der Waals surface area contributed by atoms with Gasteiger partial charge in [0.15, 0.2) is 22.6 Å². The molecule has 308 valence electrons. The molecular formula is C39H32N24. The van der Waals surface area contributed by atoms with Crippen molar-refractivity contribution in [2.75, 3.05) is 0 Å². The van der Waals surface area contributed by atoms with Gasteiger partial charge < -0.3 is 4.40 Å². The molecular weight excluding hydrogens is 805 g/mol. The molecule has 14 rings (SSSR count). The van der Waals surface area contributed by atoms with E-state index >= 15 is 0 Å². The molecule has 13 aromatic rings. The standard InChI is InChI=1S/2C7H6N2.C6H5N3.3C5H4N4.C4H3N5/c1-2-6-4-8-5-7(6)9-3-1;1-2-5-9-6-4-8-7(9)3-1;1-3-7-6-2-4-8-9(6)5-1;1-2-7-9-4-3-6-8-5(1)9;1-2-6-5-7-4-8-9(5)3-1;1-2-5-8-6-4-9(5)7-3-1;1-2-4-6-7-8-9(4)5-3-1/h1-4H,5H2;1-6H;1-5H;3*1-4H;1-3H. The fourth-order valence-electron chi connectivity index (χ4n) is 5.20. The van der Waals surface area contributed by atoms with Crippen molar-refractivity contribution in [1.82, 2.24) is 113 Å². The van der Waals surface area contributed by atoms with Crippen LogP contribution >= 0.6 is 0 Å². The summed E-state index contributed by atoms with van der Waals surface area (Å²) in [5, 5.41) is 45.0. The van der Waals surface area contributed by atoms with Crippen molar-refractivity contribution in [2.45, 2.75) is 6.54 Å². The van der Waals surface area contributed by atoms with E-state index in [0.717, 1.165) is 40.4 Å². The summed E-state index contributed by atoms with van der Waals surface area (Å²) >= 11 is 0. The lowest BCUT2D eigenvalue weighted by molar-refractivity contribution is 0.733. The zero-order valence-corrected chi connectivity index (χ0v) is 32.8. The smallest absolute Gasteiger partial charge is 0.252 e. The molecule has 0 saturated carbocycles. The fourth-order valence-corrected chi connectivity index (χ4v) is 5.20. The SMILES string of the molecule is C1=NCc2ncccc21.c1ccn2ccnc2c1.c1cn2nccc2nn1.c1cnc2ccnn2c1.c1cnc2ncnn2c1.c1cnn2cnnc2c1.c1cnn2nnnc2c1. The summed E-state index contributed by atoms with van der Waals surface area (Å²) in [5.74, 6) is 0.637. The van der Waals surface area contributed by atoms with Gasteiger partial charge in [0.25, 0.3) is 5.78 Å². The van der Waals surface area contributed by atoms with Gasteiger partial charge in [0.2, 0.25) is 0 Å². The first-order chi connectivity index (χ1) is 31.3. The summed E-state index contributed by atoms with van der Waals surface area (Å²) in [6.45, 7) is 0.760. The minimum atomic E-state index is 0.637. The van der Waals surface area contributed by atoms with Gasteiger partial charge in [0.1, 0.15) is 18.3 Å². The van der Waals surface area contributed by atoms with Crippen LogP contribution in [0.2, 0.25) is 0 Å². The Morgan fingerprint density at radius 3 is 1.98 bits per heavy atom. The molecule has 14 heterocycles. The minimum Gasteiger partial charge on any atom is -0.307 e. The molecule has 63 heavy (non-hydrogen) atoms. The highest BCUT2D eigenvalue weighted by Crippen LogP contribution is 2.09. The molecule has 0 fully saturated rings. The van der Waals surface area contributed by atoms with E-state index in [4.69, 9.17) is 0 Å². The number of hydrogen-bond donors (Lipinski definition) is 0. The highest BCUT2D eigenvalue weighted by Gasteiger charge is 2.03. The van der Waals surface area contributed by atoms with Gasteiger partial charge in [-0.1, -0.05) is 12.1 Å². The van der Waals surface area contributed by atoms with E-state index in [0.29, 0.717) is 11.4 Å². The maximum absolute atomic E-state index is 4.13. The Bertz CT molecular complexity index is 2710. The van der Waals surface area contributed by atoms with Gasteiger partial charge in [-0.05, 0) is 65.0 Å². The van der Waals surface area contributed by atoms with E-state index in [2.05, 4.69) is 91.3 Å². The number of tetrazole rings is 1. The molecule has 0 spiro atoms. The van der Waals surface area contributed by atoms with E-state index in [1.165, 1.54) is 11.0 Å². The lowest BCUT2D eigenvalue weighted by Gasteiger charge is -1.90. The Kier molecular flexibility index (Phi) is 13.2. The average molecular weight is 837 g/mol. The number of aliphatic imine (C=N–C) groups is 1. The molecule has 24 nitrogen and oxygen atoms in total. The fraction of sp³-hybridized carbons (Fsp3) is 0.0256. The van der Waals surface area contributed by atoms with Crippen molar-refractivity contribution in [3.05, 3.63) is 190 Å². The van der Waals surface area contributed by atoms with Crippen LogP contribution in [-0.4, -0.2) is 120 Å². The van der Waals surface area contributed by atoms with Crippen LogP contribution in [-0.2, 0) is 6.54 Å². The van der Waals surface area contributed by atoms with Crippen LogP contribution < -0.4 is 0 Å². The zero-order chi connectivity index (χ0) is 42.7. The van der Waals surface area contributed by atoms with Gasteiger partial charge in [-0.15, -0.1) is 25.0 Å². The normalized spacial score (nSPS) is 10.7. The minimum absolute atomic E-state index is 0.637. The van der Waals surface area contributed by atoms with E-state index in [9.17, 15) is 0 Å². The Morgan fingerprint density at radius 1 is 0.429 bits per heavy atom. The molecule has 0 aliphatic carbocycles. The van der Waals surface area contributed by atoms with Crippen molar-refractivity contribution in [3.63, 3.8) is 0 Å². The second-order valence-electron chi connectivity index (χ2n) is 12.1. The number of nitrogens with zero attached hydrogens (tertiary/aromatic N) is 24. The van der Waals surface area contributed by atoms with Crippen LogP contribution in [0, 0.1) is 0 Å². The first kappa shape index (κ1) is 40.1. The Morgan fingerprint density at radius 2 is 1.16 bits per heavy atom. The summed E-state index contributed by atoms with van der Waals surface area (Å²) in [6.07, 6.45) is 29.6. The molecule has 13 aromatic heterocycles. The third-order valence-electron chi connectivity index (χ3n) is 8.07. The van der Waals surface area contributed by atoms with Gasteiger partial charge in [-0.25, -0.2) is 33.0 Å². The highest BCUT2D eigenvalue weighted by molar-refractivity contribution is 5.83. The van der Waals surface area contributed by atoms with Crippen molar-refractivity contribution >= 4 is 40.2 Å². The molecule has 0 amide bonds. The van der Waals surface area contributed by atoms with Crippen molar-refractivity contribution in [2.24, 2.45) is 4.99 Å². The third-order valence-corrected chi connectivity index (χ3v) is 8.07. The van der Waals surface area contributed by atoms with Crippen molar-refractivity contribution in [3.8, 4) is 0 Å². The molecule has 0 N–H and O–H groups in total. The van der Waals surface area contributed by atoms with Gasteiger partial charge in [-0.3, -0.25) is 9.98 Å². The monoisotopic (exact) mass is 836 g/mol. The number of rotatable bonds is 0. The second-order valence-corrected chi connectivity index (χ2v) is 12.1. The van der Waals surface area contributed by atoms with Crippen LogP contribution in [0.4, 0.5) is 0 Å². The Labute approximate surface area is 354 Å². The van der Waals surface area contributed by atoms with Crippen LogP contribution in [0.1, 0.15) is 11.3 Å². The maximum atomic E-state index is 4.13. The third kappa shape index (κ3) is 11.1. The molecule has 1 aliphatic rings. The molecule has 0 bridgehead atoms. The zero-order valence-electron chi connectivity index (χ0n) is 32.8. The molecule has 0 unspecified atom stereocenters. The number of hydrogen-bond acceptors (Lipinski definition) is 18. The van der Waals surface area contributed by atoms with Crippen LogP contribution in [0.15, 0.2) is 183 Å². The second kappa shape index (κ2) is 20.8. The summed E-state index contributed by atoms with van der Waals surface area (Å²) in [6, 6.07) is 24.4. The Hall–Kier alpha value is -9.74. The van der Waals surface area contributed by atoms with Gasteiger partial charge >= 0.3 is 0 Å². The van der Waals surface area contributed by atoms with Crippen molar-refractivity contribution in [1.29, 1.82) is 0 Å². The quantitative estimate of drug-likeness (QED) is 0.213. The van der Waals surface area contributed by atoms with Gasteiger partial charge in [0.05, 0.1) is 37.0 Å². The maximum Gasteiger partial charge on any atom is 0.252 e. The highest BCUT2D eigenvalue weighted by atomic mass is 15.6. The number of aromatic nitrogens is 23. The Balaban J connectivity index is 0.000000101. The lowest BCUT2D eigenvalue weighted by Crippen LogP contribution is -1.90. The van der Waals surface area contributed by atoms with Crippen LogP contribution in [0.5, 0.6) is 0 Å². The summed E-state index contributed by atoms with van der Waals surface area (Å²) in [5.41, 5.74) is 6.36. The molecule has 0 atom stereocenters. The molecule has 0 aromatic carbocycles.